The van der Waals surface area contributed by atoms with Crippen LogP contribution >= 0.6 is 0 Å². The number of piperazine rings is 1. The Balaban J connectivity index is 1.82. The number of rotatable bonds is 4. The van der Waals surface area contributed by atoms with E-state index in [4.69, 9.17) is 4.74 Å². The van der Waals surface area contributed by atoms with Gasteiger partial charge in [-0.15, -0.1) is 0 Å². The molecular formula is C16H24N2O2. The lowest BCUT2D eigenvalue weighted by Gasteiger charge is -2.37. The Morgan fingerprint density at radius 1 is 1.30 bits per heavy atom. The van der Waals surface area contributed by atoms with Crippen molar-refractivity contribution in [2.45, 2.75) is 25.8 Å². The third-order valence-corrected chi connectivity index (χ3v) is 4.10. The topological polar surface area (TPSA) is 32.8 Å². The molecule has 110 valence electrons. The molecule has 1 fully saturated rings. The predicted octanol–water partition coefficient (Wildman–Crippen LogP) is 1.79. The number of methoxy groups -OCH3 is 1. The molecule has 1 amide bonds. The van der Waals surface area contributed by atoms with E-state index in [0.717, 1.165) is 31.8 Å². The van der Waals surface area contributed by atoms with Crippen LogP contribution in [0.5, 0.6) is 5.75 Å². The van der Waals surface area contributed by atoms with Crippen molar-refractivity contribution in [3.05, 3.63) is 29.8 Å². The molecular weight excluding hydrogens is 252 g/mol. The van der Waals surface area contributed by atoms with Gasteiger partial charge in [-0.2, -0.15) is 0 Å². The lowest BCUT2D eigenvalue weighted by atomic mass is 10.1. The molecule has 0 radical (unpaired) electrons. The Bertz CT molecular complexity index is 444. The van der Waals surface area contributed by atoms with Gasteiger partial charge in [0.25, 0.3) is 0 Å². The number of ether oxygens (including phenoxy) is 1. The Morgan fingerprint density at radius 3 is 2.60 bits per heavy atom. The second-order valence-electron chi connectivity index (χ2n) is 5.52. The van der Waals surface area contributed by atoms with E-state index in [1.807, 2.05) is 29.2 Å². The summed E-state index contributed by atoms with van der Waals surface area (Å²) in [5.74, 6) is 1.12. The minimum Gasteiger partial charge on any atom is -0.497 e. The largest absolute Gasteiger partial charge is 0.497 e. The highest BCUT2D eigenvalue weighted by atomic mass is 16.5. The highest BCUT2D eigenvalue weighted by molar-refractivity contribution is 5.76. The lowest BCUT2D eigenvalue weighted by Crippen LogP contribution is -2.52. The van der Waals surface area contributed by atoms with Crippen molar-refractivity contribution in [3.8, 4) is 5.75 Å². The summed E-state index contributed by atoms with van der Waals surface area (Å²) < 4.78 is 5.13. The van der Waals surface area contributed by atoms with E-state index in [1.165, 1.54) is 5.56 Å². The normalized spacial score (nSPS) is 19.9. The first-order chi connectivity index (χ1) is 9.60. The molecule has 0 bridgehead atoms. The van der Waals surface area contributed by atoms with Crippen LogP contribution in [0.2, 0.25) is 0 Å². The van der Waals surface area contributed by atoms with Gasteiger partial charge in [-0.3, -0.25) is 4.79 Å². The number of aryl methyl sites for hydroxylation is 1. The Kier molecular flexibility index (Phi) is 5.01. The van der Waals surface area contributed by atoms with Gasteiger partial charge in [0.1, 0.15) is 5.75 Å². The van der Waals surface area contributed by atoms with Crippen molar-refractivity contribution in [2.24, 2.45) is 0 Å². The van der Waals surface area contributed by atoms with Crippen LogP contribution in [-0.4, -0.2) is 55.5 Å². The summed E-state index contributed by atoms with van der Waals surface area (Å²) in [7, 11) is 3.77. The second-order valence-corrected chi connectivity index (χ2v) is 5.52. The summed E-state index contributed by atoms with van der Waals surface area (Å²) in [6.45, 7) is 4.83. The van der Waals surface area contributed by atoms with E-state index in [1.54, 1.807) is 7.11 Å². The van der Waals surface area contributed by atoms with Crippen LogP contribution in [0.3, 0.4) is 0 Å². The van der Waals surface area contributed by atoms with Gasteiger partial charge in [0.2, 0.25) is 5.91 Å². The number of likely N-dealkylation sites (N-methyl/N-ethyl adjacent to an activating group) is 1. The van der Waals surface area contributed by atoms with Crippen LogP contribution in [0, 0.1) is 0 Å². The Hall–Kier alpha value is -1.55. The first kappa shape index (κ1) is 14.9. The maximum Gasteiger partial charge on any atom is 0.222 e. The minimum atomic E-state index is 0.265. The van der Waals surface area contributed by atoms with E-state index >= 15 is 0 Å². The number of amides is 1. The maximum atomic E-state index is 12.2. The van der Waals surface area contributed by atoms with Crippen LogP contribution in [0.25, 0.3) is 0 Å². The molecule has 20 heavy (non-hydrogen) atoms. The van der Waals surface area contributed by atoms with Gasteiger partial charge in [-0.1, -0.05) is 12.1 Å². The molecule has 1 atom stereocenters. The van der Waals surface area contributed by atoms with E-state index in [0.29, 0.717) is 12.5 Å². The van der Waals surface area contributed by atoms with E-state index in [-0.39, 0.29) is 5.91 Å². The first-order valence-corrected chi connectivity index (χ1v) is 7.21. The molecule has 0 spiro atoms. The number of hydrogen-bond acceptors (Lipinski definition) is 3. The zero-order valence-corrected chi connectivity index (χ0v) is 12.6. The number of benzene rings is 1. The van der Waals surface area contributed by atoms with Gasteiger partial charge in [-0.05, 0) is 38.1 Å². The van der Waals surface area contributed by atoms with Crippen molar-refractivity contribution >= 4 is 5.91 Å². The summed E-state index contributed by atoms with van der Waals surface area (Å²) in [5, 5.41) is 0. The molecule has 1 saturated heterocycles. The number of carbonyl (C=O) groups is 1. The summed E-state index contributed by atoms with van der Waals surface area (Å²) in [6, 6.07) is 8.39. The number of hydrogen-bond donors (Lipinski definition) is 0. The van der Waals surface area contributed by atoms with E-state index < -0.39 is 0 Å². The van der Waals surface area contributed by atoms with Crippen molar-refractivity contribution in [1.29, 1.82) is 0 Å². The van der Waals surface area contributed by atoms with E-state index in [2.05, 4.69) is 18.9 Å². The molecule has 1 aliphatic rings. The van der Waals surface area contributed by atoms with Crippen molar-refractivity contribution in [1.82, 2.24) is 9.80 Å². The summed E-state index contributed by atoms with van der Waals surface area (Å²) in [6.07, 6.45) is 1.38. The zero-order valence-electron chi connectivity index (χ0n) is 12.6. The van der Waals surface area contributed by atoms with Gasteiger partial charge in [0, 0.05) is 32.1 Å². The molecule has 2 rings (SSSR count). The predicted molar refractivity (Wildman–Crippen MR) is 80.0 cm³/mol. The van der Waals surface area contributed by atoms with Crippen LogP contribution in [0.4, 0.5) is 0 Å². The van der Waals surface area contributed by atoms with Crippen LogP contribution in [0.15, 0.2) is 24.3 Å². The molecule has 0 saturated carbocycles. The summed E-state index contributed by atoms with van der Waals surface area (Å²) in [4.78, 5) is 16.5. The zero-order chi connectivity index (χ0) is 14.5. The van der Waals surface area contributed by atoms with Crippen LogP contribution in [0.1, 0.15) is 18.9 Å². The standard InChI is InChI=1S/C16H24N2O2/c1-13-12-18(11-10-17(13)2)16(19)9-6-14-4-7-15(20-3)8-5-14/h4-5,7-8,13H,6,9-12H2,1-3H3. The minimum absolute atomic E-state index is 0.265. The van der Waals surface area contributed by atoms with E-state index in [9.17, 15) is 4.79 Å². The van der Waals surface area contributed by atoms with Crippen molar-refractivity contribution in [3.63, 3.8) is 0 Å². The fourth-order valence-corrected chi connectivity index (χ4v) is 2.48. The fourth-order valence-electron chi connectivity index (χ4n) is 2.48. The average Bonchev–Trinajstić information content (AvgIpc) is 2.48. The van der Waals surface area contributed by atoms with Crippen molar-refractivity contribution < 1.29 is 9.53 Å². The monoisotopic (exact) mass is 276 g/mol. The van der Waals surface area contributed by atoms with Crippen molar-refractivity contribution in [2.75, 3.05) is 33.8 Å². The quantitative estimate of drug-likeness (QED) is 0.840. The number of carbonyl (C=O) groups excluding carboxylic acids is 1. The number of nitrogens with zero attached hydrogens (tertiary/aromatic N) is 2. The molecule has 1 aromatic rings. The molecule has 1 aliphatic heterocycles. The highest BCUT2D eigenvalue weighted by Gasteiger charge is 2.23. The SMILES string of the molecule is COc1ccc(CCC(=O)N2CCN(C)C(C)C2)cc1. The molecule has 1 aromatic carbocycles. The first-order valence-electron chi connectivity index (χ1n) is 7.21. The van der Waals surface area contributed by atoms with Crippen LogP contribution < -0.4 is 4.74 Å². The Morgan fingerprint density at radius 2 is 2.00 bits per heavy atom. The fraction of sp³-hybridized carbons (Fsp3) is 0.562. The van der Waals surface area contributed by atoms with Gasteiger partial charge in [-0.25, -0.2) is 0 Å². The third-order valence-electron chi connectivity index (χ3n) is 4.10. The lowest BCUT2D eigenvalue weighted by molar-refractivity contribution is -0.133. The molecule has 4 heteroatoms. The van der Waals surface area contributed by atoms with Gasteiger partial charge < -0.3 is 14.5 Å². The molecule has 0 aliphatic carbocycles. The smallest absolute Gasteiger partial charge is 0.222 e. The Labute approximate surface area is 121 Å². The summed E-state index contributed by atoms with van der Waals surface area (Å²) >= 11 is 0. The molecule has 1 unspecified atom stereocenters. The maximum absolute atomic E-state index is 12.2. The van der Waals surface area contributed by atoms with Crippen LogP contribution in [-0.2, 0) is 11.2 Å². The molecule has 0 N–H and O–H groups in total. The molecule has 4 nitrogen and oxygen atoms in total. The van der Waals surface area contributed by atoms with Gasteiger partial charge in [0.05, 0.1) is 7.11 Å². The average molecular weight is 276 g/mol. The van der Waals surface area contributed by atoms with Gasteiger partial charge in [0.15, 0.2) is 0 Å². The van der Waals surface area contributed by atoms with Gasteiger partial charge >= 0.3 is 0 Å². The third kappa shape index (κ3) is 3.73. The molecule has 0 aromatic heterocycles. The molecule has 1 heterocycles. The highest BCUT2D eigenvalue weighted by Crippen LogP contribution is 2.14. The summed E-state index contributed by atoms with van der Waals surface area (Å²) in [5.41, 5.74) is 1.18. The second kappa shape index (κ2) is 6.75.